The van der Waals surface area contributed by atoms with E-state index in [-0.39, 0.29) is 0 Å². The summed E-state index contributed by atoms with van der Waals surface area (Å²) in [5.74, 6) is 0. The van der Waals surface area contributed by atoms with Crippen LogP contribution in [0.2, 0.25) is 0 Å². The first-order chi connectivity index (χ1) is 5.79. The first kappa shape index (κ1) is 8.54. The van der Waals surface area contributed by atoms with Crippen LogP contribution in [0.25, 0.3) is 0 Å². The molecule has 0 aliphatic carbocycles. The van der Waals surface area contributed by atoms with Gasteiger partial charge in [-0.3, -0.25) is 4.98 Å². The Kier molecular flexibility index (Phi) is 2.65. The molecule has 3 nitrogen and oxygen atoms in total. The smallest absolute Gasteiger partial charge is 0.103 e. The fourth-order valence-corrected chi connectivity index (χ4v) is 0.976. The van der Waals surface area contributed by atoms with E-state index in [4.69, 9.17) is 5.26 Å². The molecule has 0 N–H and O–H groups in total. The third-order valence-electron chi connectivity index (χ3n) is 1.80. The fourth-order valence-electron chi connectivity index (χ4n) is 0.976. The molecule has 1 rings (SSSR count). The van der Waals surface area contributed by atoms with Crippen LogP contribution in [0.3, 0.4) is 0 Å². The van der Waals surface area contributed by atoms with E-state index in [1.165, 1.54) is 0 Å². The van der Waals surface area contributed by atoms with Gasteiger partial charge < -0.3 is 4.90 Å². The molecule has 1 aromatic heterocycles. The second-order valence-corrected chi connectivity index (χ2v) is 2.52. The monoisotopic (exact) mass is 161 g/mol. The van der Waals surface area contributed by atoms with Gasteiger partial charge in [0.2, 0.25) is 0 Å². The molecule has 0 atom stereocenters. The van der Waals surface area contributed by atoms with Crippen LogP contribution < -0.4 is 4.90 Å². The lowest BCUT2D eigenvalue weighted by Gasteiger charge is -2.17. The summed E-state index contributed by atoms with van der Waals surface area (Å²) < 4.78 is 0. The lowest BCUT2D eigenvalue weighted by molar-refractivity contribution is 0.962. The highest BCUT2D eigenvalue weighted by molar-refractivity contribution is 5.57. The molecule has 0 aliphatic rings. The molecule has 0 aromatic carbocycles. The molecule has 0 unspecified atom stereocenters. The summed E-state index contributed by atoms with van der Waals surface area (Å²) in [6.07, 6.45) is 3.28. The number of anilines is 1. The molecule has 1 aromatic rings. The van der Waals surface area contributed by atoms with E-state index < -0.39 is 0 Å². The van der Waals surface area contributed by atoms with Crippen molar-refractivity contribution in [2.24, 2.45) is 0 Å². The Morgan fingerprint density at radius 1 is 1.67 bits per heavy atom. The van der Waals surface area contributed by atoms with E-state index in [2.05, 4.69) is 11.1 Å². The number of hydrogen-bond donors (Lipinski definition) is 0. The first-order valence-electron chi connectivity index (χ1n) is 3.84. The summed E-state index contributed by atoms with van der Waals surface area (Å²) in [4.78, 5) is 5.90. The number of nitriles is 1. The minimum Gasteiger partial charge on any atom is -0.374 e. The van der Waals surface area contributed by atoms with E-state index in [1.54, 1.807) is 12.4 Å². The zero-order valence-corrected chi connectivity index (χ0v) is 7.28. The summed E-state index contributed by atoms with van der Waals surface area (Å²) >= 11 is 0. The zero-order valence-electron chi connectivity index (χ0n) is 7.28. The van der Waals surface area contributed by atoms with Crippen LogP contribution in [0.15, 0.2) is 18.5 Å². The molecule has 62 valence electrons. The molecule has 0 fully saturated rings. The second-order valence-electron chi connectivity index (χ2n) is 2.52. The molecule has 1 heterocycles. The standard InChI is InChI=1S/C9H11N3/c1-3-12(2)9-4-5-11-7-8(9)6-10/h4-5,7H,3H2,1-2H3. The average molecular weight is 161 g/mol. The van der Waals surface area contributed by atoms with E-state index in [0.717, 1.165) is 12.2 Å². The molecule has 0 spiro atoms. The number of nitrogens with zero attached hydrogens (tertiary/aromatic N) is 3. The van der Waals surface area contributed by atoms with Crippen molar-refractivity contribution in [3.05, 3.63) is 24.0 Å². The second kappa shape index (κ2) is 3.72. The quantitative estimate of drug-likeness (QED) is 0.658. The van der Waals surface area contributed by atoms with Crippen molar-refractivity contribution >= 4 is 5.69 Å². The summed E-state index contributed by atoms with van der Waals surface area (Å²) in [6, 6.07) is 3.96. The molecule has 12 heavy (non-hydrogen) atoms. The van der Waals surface area contributed by atoms with Gasteiger partial charge in [-0.1, -0.05) is 0 Å². The Morgan fingerprint density at radius 2 is 2.42 bits per heavy atom. The molecule has 0 radical (unpaired) electrons. The maximum atomic E-state index is 8.75. The van der Waals surface area contributed by atoms with Crippen LogP contribution in [-0.4, -0.2) is 18.6 Å². The van der Waals surface area contributed by atoms with Gasteiger partial charge in [0, 0.05) is 26.0 Å². The average Bonchev–Trinajstić information content (AvgIpc) is 2.16. The summed E-state index contributed by atoms with van der Waals surface area (Å²) in [7, 11) is 1.95. The van der Waals surface area contributed by atoms with Crippen molar-refractivity contribution in [2.45, 2.75) is 6.92 Å². The lowest BCUT2D eigenvalue weighted by Crippen LogP contribution is -2.16. The van der Waals surface area contributed by atoms with Crippen molar-refractivity contribution in [3.8, 4) is 6.07 Å². The number of hydrogen-bond acceptors (Lipinski definition) is 3. The number of pyridine rings is 1. The highest BCUT2D eigenvalue weighted by atomic mass is 15.1. The van der Waals surface area contributed by atoms with Crippen molar-refractivity contribution in [2.75, 3.05) is 18.5 Å². The highest BCUT2D eigenvalue weighted by Gasteiger charge is 2.03. The summed E-state index contributed by atoms with van der Waals surface area (Å²) in [6.45, 7) is 2.93. The topological polar surface area (TPSA) is 39.9 Å². The Labute approximate surface area is 72.3 Å². The van der Waals surface area contributed by atoms with Crippen LogP contribution in [0.5, 0.6) is 0 Å². The van der Waals surface area contributed by atoms with Crippen molar-refractivity contribution in [1.82, 2.24) is 4.98 Å². The predicted molar refractivity (Wildman–Crippen MR) is 47.9 cm³/mol. The summed E-state index contributed by atoms with van der Waals surface area (Å²) in [5.41, 5.74) is 1.57. The predicted octanol–water partition coefficient (Wildman–Crippen LogP) is 1.41. The first-order valence-corrected chi connectivity index (χ1v) is 3.84. The molecule has 3 heteroatoms. The van der Waals surface area contributed by atoms with Crippen LogP contribution >= 0.6 is 0 Å². The molecule has 0 amide bonds. The molecule has 0 saturated carbocycles. The van der Waals surface area contributed by atoms with E-state index >= 15 is 0 Å². The van der Waals surface area contributed by atoms with E-state index in [9.17, 15) is 0 Å². The van der Waals surface area contributed by atoms with Crippen LogP contribution in [0, 0.1) is 11.3 Å². The minimum atomic E-state index is 0.627. The van der Waals surface area contributed by atoms with Crippen molar-refractivity contribution in [3.63, 3.8) is 0 Å². The molecule has 0 aliphatic heterocycles. The SMILES string of the molecule is CCN(C)c1ccncc1C#N. The third-order valence-corrected chi connectivity index (χ3v) is 1.80. The van der Waals surface area contributed by atoms with Gasteiger partial charge in [0.15, 0.2) is 0 Å². The highest BCUT2D eigenvalue weighted by Crippen LogP contribution is 2.15. The Hall–Kier alpha value is -1.56. The van der Waals surface area contributed by atoms with Crippen molar-refractivity contribution in [1.29, 1.82) is 5.26 Å². The zero-order chi connectivity index (χ0) is 8.97. The Balaban J connectivity index is 3.07. The van der Waals surface area contributed by atoms with Gasteiger partial charge in [-0.2, -0.15) is 5.26 Å². The Bertz CT molecular complexity index is 301. The van der Waals surface area contributed by atoms with E-state index in [1.807, 2.05) is 24.9 Å². The van der Waals surface area contributed by atoms with Crippen LogP contribution in [0.4, 0.5) is 5.69 Å². The molecule has 0 saturated heterocycles. The third kappa shape index (κ3) is 1.54. The van der Waals surface area contributed by atoms with Gasteiger partial charge in [-0.25, -0.2) is 0 Å². The molecular formula is C9H11N3. The summed E-state index contributed by atoms with van der Waals surface area (Å²) in [5, 5.41) is 8.75. The molecular weight excluding hydrogens is 150 g/mol. The molecule has 0 bridgehead atoms. The maximum Gasteiger partial charge on any atom is 0.103 e. The van der Waals surface area contributed by atoms with Crippen LogP contribution in [0.1, 0.15) is 12.5 Å². The van der Waals surface area contributed by atoms with Crippen molar-refractivity contribution < 1.29 is 0 Å². The Morgan fingerprint density at radius 3 is 3.00 bits per heavy atom. The number of aromatic nitrogens is 1. The maximum absolute atomic E-state index is 8.75. The van der Waals surface area contributed by atoms with Gasteiger partial charge in [-0.15, -0.1) is 0 Å². The minimum absolute atomic E-state index is 0.627. The van der Waals surface area contributed by atoms with Gasteiger partial charge in [0.1, 0.15) is 6.07 Å². The van der Waals surface area contributed by atoms with Gasteiger partial charge in [-0.05, 0) is 13.0 Å². The largest absolute Gasteiger partial charge is 0.374 e. The lowest BCUT2D eigenvalue weighted by atomic mass is 10.2. The van der Waals surface area contributed by atoms with Gasteiger partial charge >= 0.3 is 0 Å². The normalized spacial score (nSPS) is 9.08. The van der Waals surface area contributed by atoms with Gasteiger partial charge in [0.25, 0.3) is 0 Å². The van der Waals surface area contributed by atoms with Gasteiger partial charge in [0.05, 0.1) is 11.3 Å². The van der Waals surface area contributed by atoms with Crippen LogP contribution in [-0.2, 0) is 0 Å². The fraction of sp³-hybridized carbons (Fsp3) is 0.333. The van der Waals surface area contributed by atoms with E-state index in [0.29, 0.717) is 5.56 Å². The number of rotatable bonds is 2.